The van der Waals surface area contributed by atoms with Crippen LogP contribution in [0.2, 0.25) is 0 Å². The molecule has 0 aliphatic rings. The molecule has 0 saturated carbocycles. The third kappa shape index (κ3) is 1.12. The van der Waals surface area contributed by atoms with E-state index in [0.29, 0.717) is 10.2 Å². The molecule has 3 N–H and O–H groups in total. The fraction of sp³-hybridized carbons (Fsp3) is 0.167. The molecule has 0 spiro atoms. The molecule has 7 heteroatoms. The number of aromatic amines is 1. The first-order valence-corrected chi connectivity index (χ1v) is 4.29. The Morgan fingerprint density at radius 1 is 1.54 bits per heavy atom. The summed E-state index contributed by atoms with van der Waals surface area (Å²) in [7, 11) is 0. The Hall–Kier alpha value is -1.37. The van der Waals surface area contributed by atoms with Crippen molar-refractivity contribution < 1.29 is 0 Å². The molecule has 0 radical (unpaired) electrons. The number of nitrogens with one attached hydrogen (secondary N) is 1. The quantitative estimate of drug-likeness (QED) is 0.686. The predicted octanol–water partition coefficient (Wildman–Crippen LogP) is 0.0707. The van der Waals surface area contributed by atoms with E-state index >= 15 is 0 Å². The maximum absolute atomic E-state index is 11.5. The van der Waals surface area contributed by atoms with E-state index in [9.17, 15) is 4.79 Å². The number of fused-ring (bicyclic) bond motifs is 1. The van der Waals surface area contributed by atoms with Crippen molar-refractivity contribution in [2.45, 2.75) is 6.92 Å². The Bertz CT molecular complexity index is 528. The van der Waals surface area contributed by atoms with Crippen LogP contribution >= 0.6 is 15.9 Å². The van der Waals surface area contributed by atoms with Crippen molar-refractivity contribution in [3.8, 4) is 0 Å². The van der Waals surface area contributed by atoms with Gasteiger partial charge in [-0.25, -0.2) is 4.98 Å². The number of nitrogens with zero attached hydrogens (tertiary/aromatic N) is 3. The maximum Gasteiger partial charge on any atom is 0.288 e. The number of halogens is 1. The summed E-state index contributed by atoms with van der Waals surface area (Å²) >= 11 is 3.13. The summed E-state index contributed by atoms with van der Waals surface area (Å²) in [5, 5.41) is 2.57. The zero-order chi connectivity index (χ0) is 9.59. The number of aromatic nitrogens is 4. The highest BCUT2D eigenvalue weighted by atomic mass is 79.9. The maximum atomic E-state index is 11.5. The van der Waals surface area contributed by atoms with E-state index in [1.807, 2.05) is 0 Å². The molecule has 0 unspecified atom stereocenters. The molecular weight excluding hydrogens is 238 g/mol. The molecule has 68 valence electrons. The molecule has 6 nitrogen and oxygen atoms in total. The molecule has 0 fully saturated rings. The fourth-order valence-electron chi connectivity index (χ4n) is 1.02. The van der Waals surface area contributed by atoms with Crippen LogP contribution in [0.5, 0.6) is 0 Å². The van der Waals surface area contributed by atoms with Crippen molar-refractivity contribution in [3.05, 3.63) is 20.5 Å². The van der Waals surface area contributed by atoms with Crippen LogP contribution in [0.4, 0.5) is 5.95 Å². The minimum atomic E-state index is -0.244. The molecule has 13 heavy (non-hydrogen) atoms. The fourth-order valence-corrected chi connectivity index (χ4v) is 1.28. The lowest BCUT2D eigenvalue weighted by molar-refractivity contribution is 0.883. The molecule has 2 rings (SSSR count). The van der Waals surface area contributed by atoms with E-state index in [4.69, 9.17) is 5.73 Å². The van der Waals surface area contributed by atoms with Gasteiger partial charge in [0.05, 0.1) is 5.69 Å². The van der Waals surface area contributed by atoms with Crippen LogP contribution in [0.15, 0.2) is 9.27 Å². The highest BCUT2D eigenvalue weighted by molar-refractivity contribution is 9.10. The van der Waals surface area contributed by atoms with Crippen LogP contribution in [0.1, 0.15) is 5.69 Å². The molecule has 0 aromatic carbocycles. The topological polar surface area (TPSA) is 89.1 Å². The Labute approximate surface area is 80.9 Å². The molecule has 0 amide bonds. The second-order valence-corrected chi connectivity index (χ2v) is 3.35. The van der Waals surface area contributed by atoms with Gasteiger partial charge in [-0.1, -0.05) is 0 Å². The average molecular weight is 244 g/mol. The van der Waals surface area contributed by atoms with Gasteiger partial charge in [-0.2, -0.15) is 9.50 Å². The van der Waals surface area contributed by atoms with Crippen LogP contribution in [-0.4, -0.2) is 19.6 Å². The Morgan fingerprint density at radius 2 is 2.23 bits per heavy atom. The van der Waals surface area contributed by atoms with Crippen molar-refractivity contribution in [2.75, 3.05) is 5.73 Å². The van der Waals surface area contributed by atoms with E-state index in [1.54, 1.807) is 6.92 Å². The Balaban J connectivity index is 3.01. The molecule has 0 aliphatic carbocycles. The summed E-state index contributed by atoms with van der Waals surface area (Å²) in [6.45, 7) is 1.72. The smallest absolute Gasteiger partial charge is 0.288 e. The van der Waals surface area contributed by atoms with Crippen LogP contribution in [0.3, 0.4) is 0 Å². The van der Waals surface area contributed by atoms with Gasteiger partial charge < -0.3 is 5.73 Å². The summed E-state index contributed by atoms with van der Waals surface area (Å²) in [4.78, 5) is 19.4. The first kappa shape index (κ1) is 8.24. The van der Waals surface area contributed by atoms with Crippen molar-refractivity contribution in [2.24, 2.45) is 0 Å². The lowest BCUT2D eigenvalue weighted by Gasteiger charge is -1.95. The minimum Gasteiger partial charge on any atom is -0.368 e. The standard InChI is InChI=1S/C6H6BrN5O/c1-2-3(7)4(13)12-6(9-2)10-5(8)11-12/h1H3,(H3,8,9,10,11). The van der Waals surface area contributed by atoms with Crippen molar-refractivity contribution >= 4 is 27.7 Å². The minimum absolute atomic E-state index is 0.169. The zero-order valence-electron chi connectivity index (χ0n) is 6.71. The Morgan fingerprint density at radius 3 is 2.92 bits per heavy atom. The first-order valence-electron chi connectivity index (χ1n) is 3.50. The number of hydrogen-bond acceptors (Lipinski definition) is 4. The van der Waals surface area contributed by atoms with E-state index in [1.165, 1.54) is 4.52 Å². The van der Waals surface area contributed by atoms with Crippen LogP contribution in [-0.2, 0) is 0 Å². The van der Waals surface area contributed by atoms with Gasteiger partial charge in [0.2, 0.25) is 5.95 Å². The molecule has 0 saturated heterocycles. The highest BCUT2D eigenvalue weighted by Gasteiger charge is 2.09. The van der Waals surface area contributed by atoms with E-state index in [-0.39, 0.29) is 17.3 Å². The molecule has 2 aromatic rings. The average Bonchev–Trinajstić information content (AvgIpc) is 2.42. The highest BCUT2D eigenvalue weighted by Crippen LogP contribution is 2.08. The van der Waals surface area contributed by atoms with Gasteiger partial charge in [0.15, 0.2) is 0 Å². The third-order valence-corrected chi connectivity index (χ3v) is 2.54. The summed E-state index contributed by atoms with van der Waals surface area (Å²) in [5.41, 5.74) is 5.73. The summed E-state index contributed by atoms with van der Waals surface area (Å²) in [6.07, 6.45) is 0. The van der Waals surface area contributed by atoms with Gasteiger partial charge in [-0.3, -0.25) is 9.89 Å². The molecule has 2 heterocycles. The van der Waals surface area contributed by atoms with Gasteiger partial charge in [-0.05, 0) is 22.9 Å². The molecular formula is C6H6BrN5O. The molecule has 2 aromatic heterocycles. The number of anilines is 1. The van der Waals surface area contributed by atoms with Crippen LogP contribution in [0, 0.1) is 6.92 Å². The summed E-state index contributed by atoms with van der Waals surface area (Å²) in [6, 6.07) is 0. The number of H-pyrrole nitrogens is 1. The van der Waals surface area contributed by atoms with Gasteiger partial charge in [0, 0.05) is 0 Å². The first-order chi connectivity index (χ1) is 6.09. The third-order valence-electron chi connectivity index (χ3n) is 1.62. The largest absolute Gasteiger partial charge is 0.368 e. The van der Waals surface area contributed by atoms with Gasteiger partial charge in [0.1, 0.15) is 4.47 Å². The van der Waals surface area contributed by atoms with E-state index in [2.05, 4.69) is 31.0 Å². The van der Waals surface area contributed by atoms with Gasteiger partial charge >= 0.3 is 0 Å². The van der Waals surface area contributed by atoms with Crippen molar-refractivity contribution in [1.29, 1.82) is 0 Å². The molecule has 0 atom stereocenters. The predicted molar refractivity (Wildman–Crippen MR) is 50.5 cm³/mol. The number of rotatable bonds is 0. The molecule has 0 aliphatic heterocycles. The second kappa shape index (κ2) is 2.56. The van der Waals surface area contributed by atoms with E-state index < -0.39 is 0 Å². The lowest BCUT2D eigenvalue weighted by atomic mass is 10.4. The van der Waals surface area contributed by atoms with Crippen LogP contribution < -0.4 is 11.3 Å². The monoisotopic (exact) mass is 243 g/mol. The number of aryl methyl sites for hydroxylation is 1. The SMILES string of the molecule is Cc1nc2nc(N)[nH]n2c(=O)c1Br. The zero-order valence-corrected chi connectivity index (χ0v) is 8.29. The van der Waals surface area contributed by atoms with Crippen molar-refractivity contribution in [3.63, 3.8) is 0 Å². The normalized spacial score (nSPS) is 10.9. The summed E-state index contributed by atoms with van der Waals surface area (Å²) in [5.74, 6) is 0.449. The lowest BCUT2D eigenvalue weighted by Crippen LogP contribution is -2.17. The van der Waals surface area contributed by atoms with Crippen molar-refractivity contribution in [1.82, 2.24) is 19.6 Å². The number of nitrogen functional groups attached to an aromatic ring is 1. The van der Waals surface area contributed by atoms with Crippen LogP contribution in [0.25, 0.3) is 5.78 Å². The molecule has 0 bridgehead atoms. The number of hydrogen-bond donors (Lipinski definition) is 2. The Kier molecular flexibility index (Phi) is 1.62. The number of nitrogens with two attached hydrogens (primary N) is 1. The van der Waals surface area contributed by atoms with E-state index in [0.717, 1.165) is 0 Å². The second-order valence-electron chi connectivity index (χ2n) is 2.56. The van der Waals surface area contributed by atoms with Gasteiger partial charge in [-0.15, -0.1) is 0 Å². The van der Waals surface area contributed by atoms with Gasteiger partial charge in [0.25, 0.3) is 11.3 Å². The summed E-state index contributed by atoms with van der Waals surface area (Å²) < 4.78 is 1.60.